The van der Waals surface area contributed by atoms with Gasteiger partial charge in [0.2, 0.25) is 5.91 Å². The van der Waals surface area contributed by atoms with E-state index in [0.717, 1.165) is 11.3 Å². The summed E-state index contributed by atoms with van der Waals surface area (Å²) in [5.41, 5.74) is 1.01. The molecule has 7 heteroatoms. The number of carbonyl (C=O) groups excluding carboxylic acids is 1. The maximum atomic E-state index is 12.4. The summed E-state index contributed by atoms with van der Waals surface area (Å²) in [5.74, 6) is 0.597. The summed E-state index contributed by atoms with van der Waals surface area (Å²) in [7, 11) is 1.57. The molecule has 0 aliphatic rings. The van der Waals surface area contributed by atoms with Gasteiger partial charge in [-0.1, -0.05) is 24.3 Å². The van der Waals surface area contributed by atoms with E-state index in [9.17, 15) is 14.4 Å². The lowest BCUT2D eigenvalue weighted by Crippen LogP contribution is -2.41. The molecule has 0 aliphatic carbocycles. The predicted octanol–water partition coefficient (Wildman–Crippen LogP) is 1.81. The molecule has 1 aromatic heterocycles. The Morgan fingerprint density at radius 1 is 1.00 bits per heavy atom. The highest BCUT2D eigenvalue weighted by Crippen LogP contribution is 2.12. The van der Waals surface area contributed by atoms with Crippen LogP contribution < -0.4 is 21.2 Å². The van der Waals surface area contributed by atoms with E-state index < -0.39 is 11.1 Å². The molecule has 146 valence electrons. The Labute approximate surface area is 162 Å². The molecule has 1 heterocycles. The molecule has 0 saturated heterocycles. The number of rotatable bonds is 7. The van der Waals surface area contributed by atoms with Gasteiger partial charge < -0.3 is 19.2 Å². The van der Waals surface area contributed by atoms with E-state index in [2.05, 4.69) is 5.32 Å². The third-order valence-corrected chi connectivity index (χ3v) is 4.55. The molecular weight excluding hydrogens is 358 g/mol. The van der Waals surface area contributed by atoms with Crippen LogP contribution in [0.25, 0.3) is 11.0 Å². The number of benzene rings is 2. The van der Waals surface area contributed by atoms with Crippen molar-refractivity contribution < 1.29 is 9.53 Å². The zero-order chi connectivity index (χ0) is 20.1. The van der Waals surface area contributed by atoms with E-state index in [1.54, 1.807) is 31.3 Å². The first kappa shape index (κ1) is 19.4. The number of fused-ring (bicyclic) bond motifs is 1. The van der Waals surface area contributed by atoms with Crippen LogP contribution >= 0.6 is 0 Å². The van der Waals surface area contributed by atoms with Gasteiger partial charge in [-0.15, -0.1) is 0 Å². The molecule has 0 spiro atoms. The Balaban J connectivity index is 1.66. The van der Waals surface area contributed by atoms with Gasteiger partial charge in [0.25, 0.3) is 0 Å². The SMILES string of the molecule is CCOc1ccc(CNC(=O)CCn2c(=O)c(=O)n(C)c3ccccc32)cc1. The predicted molar refractivity (Wildman–Crippen MR) is 108 cm³/mol. The molecule has 0 atom stereocenters. The number of ether oxygens (including phenoxy) is 1. The van der Waals surface area contributed by atoms with E-state index in [1.165, 1.54) is 9.13 Å². The van der Waals surface area contributed by atoms with Crippen molar-refractivity contribution in [3.8, 4) is 5.75 Å². The molecule has 3 aromatic rings. The number of hydrogen-bond acceptors (Lipinski definition) is 4. The summed E-state index contributed by atoms with van der Waals surface area (Å²) in [5, 5.41) is 2.84. The minimum atomic E-state index is -0.625. The second-order valence-electron chi connectivity index (χ2n) is 6.41. The minimum absolute atomic E-state index is 0.105. The van der Waals surface area contributed by atoms with Gasteiger partial charge in [0, 0.05) is 26.6 Å². The third kappa shape index (κ3) is 4.14. The van der Waals surface area contributed by atoms with Crippen LogP contribution in [0.1, 0.15) is 18.9 Å². The second kappa shape index (κ2) is 8.56. The molecule has 0 fully saturated rings. The number of aromatic nitrogens is 2. The molecule has 7 nitrogen and oxygen atoms in total. The van der Waals surface area contributed by atoms with E-state index in [-0.39, 0.29) is 18.9 Å². The summed E-state index contributed by atoms with van der Waals surface area (Å²) in [4.78, 5) is 36.7. The molecule has 0 saturated carbocycles. The van der Waals surface area contributed by atoms with Gasteiger partial charge >= 0.3 is 11.1 Å². The van der Waals surface area contributed by atoms with Crippen molar-refractivity contribution in [2.24, 2.45) is 7.05 Å². The smallest absolute Gasteiger partial charge is 0.316 e. The largest absolute Gasteiger partial charge is 0.494 e. The molecule has 1 amide bonds. The number of para-hydroxylation sites is 2. The number of nitrogens with one attached hydrogen (secondary N) is 1. The highest BCUT2D eigenvalue weighted by Gasteiger charge is 2.11. The molecule has 0 aliphatic heterocycles. The zero-order valence-electron chi connectivity index (χ0n) is 16.0. The lowest BCUT2D eigenvalue weighted by Gasteiger charge is -2.12. The Morgan fingerprint density at radius 2 is 1.68 bits per heavy atom. The molecule has 2 aromatic carbocycles. The Morgan fingerprint density at radius 3 is 2.36 bits per heavy atom. The molecule has 1 N–H and O–H groups in total. The van der Waals surface area contributed by atoms with Gasteiger partial charge in [0.1, 0.15) is 5.75 Å². The summed E-state index contributed by atoms with van der Waals surface area (Å²) in [6.07, 6.45) is 0.105. The number of nitrogens with zero attached hydrogens (tertiary/aromatic N) is 2. The lowest BCUT2D eigenvalue weighted by molar-refractivity contribution is -0.121. The molecule has 3 rings (SSSR count). The van der Waals surface area contributed by atoms with Crippen molar-refractivity contribution >= 4 is 16.9 Å². The topological polar surface area (TPSA) is 82.3 Å². The normalized spacial score (nSPS) is 10.8. The first-order chi connectivity index (χ1) is 13.5. The van der Waals surface area contributed by atoms with Gasteiger partial charge in [0.15, 0.2) is 0 Å². The average molecular weight is 381 g/mol. The average Bonchev–Trinajstić information content (AvgIpc) is 2.72. The summed E-state index contributed by atoms with van der Waals surface area (Å²) in [6, 6.07) is 14.7. The van der Waals surface area contributed by atoms with Crippen molar-refractivity contribution in [2.75, 3.05) is 6.61 Å². The Hall–Kier alpha value is -3.35. The van der Waals surface area contributed by atoms with Crippen LogP contribution in [0.15, 0.2) is 58.1 Å². The van der Waals surface area contributed by atoms with E-state index >= 15 is 0 Å². The standard InChI is InChI=1S/C21H23N3O4/c1-3-28-16-10-8-15(9-11-16)14-22-19(25)12-13-24-18-7-5-4-6-17(18)23(2)20(26)21(24)27/h4-11H,3,12-14H2,1-2H3,(H,22,25). The second-order valence-corrected chi connectivity index (χ2v) is 6.41. The third-order valence-electron chi connectivity index (χ3n) is 4.55. The first-order valence-electron chi connectivity index (χ1n) is 9.18. The van der Waals surface area contributed by atoms with Crippen molar-refractivity contribution in [3.05, 3.63) is 74.8 Å². The highest BCUT2D eigenvalue weighted by atomic mass is 16.5. The van der Waals surface area contributed by atoms with Crippen molar-refractivity contribution in [1.29, 1.82) is 0 Å². The Kier molecular flexibility index (Phi) is 5.93. The minimum Gasteiger partial charge on any atom is -0.494 e. The molecule has 0 radical (unpaired) electrons. The van der Waals surface area contributed by atoms with Crippen LogP contribution in [0.4, 0.5) is 0 Å². The van der Waals surface area contributed by atoms with Crippen LogP contribution in [-0.2, 0) is 24.9 Å². The number of amides is 1. The van der Waals surface area contributed by atoms with E-state index in [4.69, 9.17) is 4.74 Å². The van der Waals surface area contributed by atoms with Crippen molar-refractivity contribution in [1.82, 2.24) is 14.5 Å². The number of hydrogen-bond donors (Lipinski definition) is 1. The fourth-order valence-corrected chi connectivity index (χ4v) is 3.05. The van der Waals surface area contributed by atoms with E-state index in [0.29, 0.717) is 24.2 Å². The van der Waals surface area contributed by atoms with Gasteiger partial charge in [0.05, 0.1) is 17.6 Å². The van der Waals surface area contributed by atoms with Crippen LogP contribution in [0.2, 0.25) is 0 Å². The number of carbonyl (C=O) groups is 1. The van der Waals surface area contributed by atoms with Gasteiger partial charge in [-0.25, -0.2) is 0 Å². The maximum absolute atomic E-state index is 12.4. The van der Waals surface area contributed by atoms with Crippen LogP contribution in [-0.4, -0.2) is 21.6 Å². The number of aryl methyl sites for hydroxylation is 2. The highest BCUT2D eigenvalue weighted by molar-refractivity contribution is 5.77. The van der Waals surface area contributed by atoms with Gasteiger partial charge in [-0.05, 0) is 36.8 Å². The molecule has 28 heavy (non-hydrogen) atoms. The quantitative estimate of drug-likeness (QED) is 0.633. The van der Waals surface area contributed by atoms with Crippen molar-refractivity contribution in [2.45, 2.75) is 26.4 Å². The zero-order valence-corrected chi connectivity index (χ0v) is 16.0. The van der Waals surface area contributed by atoms with Gasteiger partial charge in [-0.3, -0.25) is 14.4 Å². The maximum Gasteiger partial charge on any atom is 0.316 e. The summed E-state index contributed by atoms with van der Waals surface area (Å²) < 4.78 is 8.09. The van der Waals surface area contributed by atoms with Crippen LogP contribution in [0, 0.1) is 0 Å². The lowest BCUT2D eigenvalue weighted by atomic mass is 10.2. The fraction of sp³-hybridized carbons (Fsp3) is 0.286. The first-order valence-corrected chi connectivity index (χ1v) is 9.18. The molecular formula is C21H23N3O4. The summed E-state index contributed by atoms with van der Waals surface area (Å²) in [6.45, 7) is 3.06. The van der Waals surface area contributed by atoms with Crippen LogP contribution in [0.3, 0.4) is 0 Å². The van der Waals surface area contributed by atoms with E-state index in [1.807, 2.05) is 31.2 Å². The molecule has 0 bridgehead atoms. The monoisotopic (exact) mass is 381 g/mol. The summed E-state index contributed by atoms with van der Waals surface area (Å²) >= 11 is 0. The van der Waals surface area contributed by atoms with Gasteiger partial charge in [-0.2, -0.15) is 0 Å². The molecule has 0 unspecified atom stereocenters. The van der Waals surface area contributed by atoms with Crippen LogP contribution in [0.5, 0.6) is 5.75 Å². The fourth-order valence-electron chi connectivity index (χ4n) is 3.05. The van der Waals surface area contributed by atoms with Crippen molar-refractivity contribution in [3.63, 3.8) is 0 Å². The Bertz CT molecular complexity index is 1100.